The predicted octanol–water partition coefficient (Wildman–Crippen LogP) is 2.66. The summed E-state index contributed by atoms with van der Waals surface area (Å²) in [6, 6.07) is 12.0. The normalized spacial score (nSPS) is 19.7. The predicted molar refractivity (Wildman–Crippen MR) is 121 cm³/mol. The Balaban J connectivity index is 0.000000279. The second kappa shape index (κ2) is 7.88. The molecule has 0 fully saturated rings. The van der Waals surface area contributed by atoms with Gasteiger partial charge in [-0.2, -0.15) is 9.98 Å². The molecule has 1 aromatic carbocycles. The van der Waals surface area contributed by atoms with Crippen LogP contribution in [-0.2, 0) is 0 Å². The van der Waals surface area contributed by atoms with Crippen LogP contribution < -0.4 is 10.9 Å². The van der Waals surface area contributed by atoms with Gasteiger partial charge in [0.2, 0.25) is 5.96 Å². The fourth-order valence-electron chi connectivity index (χ4n) is 2.86. The van der Waals surface area contributed by atoms with Crippen LogP contribution >= 0.6 is 0 Å². The van der Waals surface area contributed by atoms with Gasteiger partial charge in [-0.3, -0.25) is 10.9 Å². The Morgan fingerprint density at radius 2 is 1.17 bits per heavy atom. The molecule has 0 saturated carbocycles. The summed E-state index contributed by atoms with van der Waals surface area (Å²) < 4.78 is 0. The molecule has 5 heterocycles. The van der Waals surface area contributed by atoms with Crippen molar-refractivity contribution in [2.45, 2.75) is 0 Å². The number of aliphatic imine (C=N–C) groups is 6. The van der Waals surface area contributed by atoms with Crippen LogP contribution in [0.5, 0.6) is 0 Å². The molecular weight excluding hydrogens is 376 g/mol. The Kier molecular flexibility index (Phi) is 4.63. The number of hydrogen-bond acceptors (Lipinski definition) is 8. The molecule has 0 spiro atoms. The van der Waals surface area contributed by atoms with E-state index in [9.17, 15) is 0 Å². The maximum atomic E-state index is 4.53. The van der Waals surface area contributed by atoms with Crippen molar-refractivity contribution >= 4 is 35.4 Å². The van der Waals surface area contributed by atoms with E-state index in [2.05, 4.69) is 40.8 Å². The van der Waals surface area contributed by atoms with E-state index in [-0.39, 0.29) is 0 Å². The third kappa shape index (κ3) is 4.17. The van der Waals surface area contributed by atoms with Gasteiger partial charge >= 0.3 is 0 Å². The number of hydrazine groups is 1. The Hall–Kier alpha value is -4.46. The molecule has 0 saturated heterocycles. The Labute approximate surface area is 172 Å². The van der Waals surface area contributed by atoms with Gasteiger partial charge in [-0.15, -0.1) is 0 Å². The maximum absolute atomic E-state index is 4.53. The highest BCUT2D eigenvalue weighted by atomic mass is 15.5. The molecule has 2 N–H and O–H groups in total. The van der Waals surface area contributed by atoms with Gasteiger partial charge in [0.25, 0.3) is 5.96 Å². The smallest absolute Gasteiger partial charge is 0.253 e. The first-order valence-electron chi connectivity index (χ1n) is 9.31. The van der Waals surface area contributed by atoms with Gasteiger partial charge in [0, 0.05) is 6.08 Å². The van der Waals surface area contributed by atoms with E-state index >= 15 is 0 Å². The number of hydrogen-bond donors (Lipinski definition) is 2. The number of fused-ring (bicyclic) bond motifs is 4. The Morgan fingerprint density at radius 1 is 0.533 bits per heavy atom. The number of benzene rings is 1. The second-order valence-corrected chi connectivity index (χ2v) is 6.45. The zero-order chi connectivity index (χ0) is 20.2. The minimum Gasteiger partial charge on any atom is -0.282 e. The molecule has 8 heteroatoms. The molecule has 144 valence electrons. The van der Waals surface area contributed by atoms with Gasteiger partial charge < -0.3 is 0 Å². The summed E-state index contributed by atoms with van der Waals surface area (Å²) >= 11 is 0. The van der Waals surface area contributed by atoms with Crippen LogP contribution in [0.1, 0.15) is 0 Å². The first-order chi connectivity index (χ1) is 14.8. The van der Waals surface area contributed by atoms with Gasteiger partial charge in [0.05, 0.1) is 34.7 Å². The Morgan fingerprint density at radius 3 is 1.87 bits per heavy atom. The first-order valence-corrected chi connectivity index (χ1v) is 9.31. The van der Waals surface area contributed by atoms with Crippen LogP contribution in [0.15, 0.2) is 126 Å². The van der Waals surface area contributed by atoms with E-state index in [4.69, 9.17) is 0 Å². The zero-order valence-corrected chi connectivity index (χ0v) is 15.8. The zero-order valence-electron chi connectivity index (χ0n) is 15.8. The lowest BCUT2D eigenvalue weighted by molar-refractivity contribution is 0.899. The SMILES string of the molecule is C1=CC2=NC1=CC1=NC(=NC3=NC(=CC4=NC(=C2)C=C4)C=N3)NN1.c1ccccc1. The van der Waals surface area contributed by atoms with E-state index in [0.717, 1.165) is 22.8 Å². The average molecular weight is 392 g/mol. The molecule has 8 nitrogen and oxygen atoms in total. The summed E-state index contributed by atoms with van der Waals surface area (Å²) in [5, 5.41) is 0. The van der Waals surface area contributed by atoms with Crippen LogP contribution in [0.4, 0.5) is 0 Å². The standard InChI is InChI=1S/C16H10N8.C6H6/c1-2-11-6-13-8-17-15(20-13)22-16-21-14(23-24-16)7-12-4-3-10(19-12)5-9(1)18-11;1-2-4-6-5-3-1/h1-8H,(H2,17,20,21,22,23,24);1-6H. The molecule has 0 radical (unpaired) electrons. The lowest BCUT2D eigenvalue weighted by atomic mass is 10.3. The van der Waals surface area contributed by atoms with Crippen molar-refractivity contribution in [3.63, 3.8) is 0 Å². The maximum Gasteiger partial charge on any atom is 0.253 e. The quantitative estimate of drug-likeness (QED) is 0.710. The van der Waals surface area contributed by atoms with E-state index in [1.165, 1.54) is 0 Å². The number of nitrogens with one attached hydrogen (secondary N) is 2. The summed E-state index contributed by atoms with van der Waals surface area (Å²) in [4.78, 5) is 26.2. The van der Waals surface area contributed by atoms with Gasteiger partial charge in [-0.05, 0) is 36.5 Å². The van der Waals surface area contributed by atoms with E-state index < -0.39 is 0 Å². The van der Waals surface area contributed by atoms with Crippen LogP contribution in [0.3, 0.4) is 0 Å². The second-order valence-electron chi connectivity index (χ2n) is 6.45. The van der Waals surface area contributed by atoms with Gasteiger partial charge in [-0.25, -0.2) is 20.0 Å². The summed E-state index contributed by atoms with van der Waals surface area (Å²) in [6.45, 7) is 0. The number of nitrogens with zero attached hydrogens (tertiary/aromatic N) is 6. The lowest BCUT2D eigenvalue weighted by Gasteiger charge is -1.95. The number of allylic oxidation sites excluding steroid dienone is 7. The van der Waals surface area contributed by atoms with Gasteiger partial charge in [0.15, 0.2) is 5.84 Å². The lowest BCUT2D eigenvalue weighted by Crippen LogP contribution is -2.32. The first kappa shape index (κ1) is 17.6. The monoisotopic (exact) mass is 392 g/mol. The molecule has 1 aromatic rings. The number of guanidine groups is 2. The van der Waals surface area contributed by atoms with Crippen LogP contribution in [0, 0.1) is 0 Å². The minimum absolute atomic E-state index is 0.342. The highest BCUT2D eigenvalue weighted by Gasteiger charge is 2.14. The molecule has 8 bridgehead atoms. The molecule has 0 atom stereocenters. The summed E-state index contributed by atoms with van der Waals surface area (Å²) in [5.74, 6) is 1.37. The van der Waals surface area contributed by atoms with Crippen molar-refractivity contribution < 1.29 is 0 Å². The van der Waals surface area contributed by atoms with Crippen molar-refractivity contribution in [2.24, 2.45) is 30.0 Å². The summed E-state index contributed by atoms with van der Waals surface area (Å²) in [6.07, 6.45) is 15.0. The van der Waals surface area contributed by atoms with Crippen molar-refractivity contribution in [3.05, 3.63) is 96.0 Å². The van der Waals surface area contributed by atoms with Crippen LogP contribution in [0.25, 0.3) is 0 Å². The van der Waals surface area contributed by atoms with E-state index in [0.29, 0.717) is 23.5 Å². The Bertz CT molecular complexity index is 1190. The van der Waals surface area contributed by atoms with Crippen molar-refractivity contribution in [1.82, 2.24) is 10.9 Å². The minimum atomic E-state index is 0.342. The van der Waals surface area contributed by atoms with Crippen molar-refractivity contribution in [1.29, 1.82) is 0 Å². The molecule has 0 aliphatic carbocycles. The largest absolute Gasteiger partial charge is 0.282 e. The number of amidine groups is 1. The molecule has 5 aliphatic heterocycles. The number of rotatable bonds is 0. The van der Waals surface area contributed by atoms with E-state index in [1.54, 1.807) is 6.21 Å². The molecule has 30 heavy (non-hydrogen) atoms. The molecule has 5 aliphatic rings. The van der Waals surface area contributed by atoms with E-state index in [1.807, 2.05) is 78.9 Å². The summed E-state index contributed by atoms with van der Waals surface area (Å²) in [7, 11) is 0. The fraction of sp³-hybridized carbons (Fsp3) is 0. The molecule has 6 rings (SSSR count). The topological polar surface area (TPSA) is 98.2 Å². The van der Waals surface area contributed by atoms with Gasteiger partial charge in [-0.1, -0.05) is 36.4 Å². The average Bonchev–Trinajstić information content (AvgIpc) is 3.56. The summed E-state index contributed by atoms with van der Waals surface area (Å²) in [5.41, 5.74) is 9.81. The van der Waals surface area contributed by atoms with Crippen molar-refractivity contribution in [2.75, 3.05) is 0 Å². The fourth-order valence-corrected chi connectivity index (χ4v) is 2.86. The highest BCUT2D eigenvalue weighted by molar-refractivity contribution is 6.16. The molecule has 0 aromatic heterocycles. The third-order valence-corrected chi connectivity index (χ3v) is 4.18. The molecule has 0 unspecified atom stereocenters. The van der Waals surface area contributed by atoms with Gasteiger partial charge in [0.1, 0.15) is 0 Å². The van der Waals surface area contributed by atoms with Crippen LogP contribution in [-0.4, -0.2) is 35.4 Å². The van der Waals surface area contributed by atoms with Crippen molar-refractivity contribution in [3.8, 4) is 0 Å². The molecule has 0 amide bonds. The molecular formula is C22H16N8. The highest BCUT2D eigenvalue weighted by Crippen LogP contribution is 2.16. The van der Waals surface area contributed by atoms with Crippen LogP contribution in [0.2, 0.25) is 0 Å². The third-order valence-electron chi connectivity index (χ3n) is 4.18.